The Morgan fingerprint density at radius 1 is 1.44 bits per heavy atom. The normalized spacial score (nSPS) is 11.4. The van der Waals surface area contributed by atoms with E-state index in [0.29, 0.717) is 32.1 Å². The lowest BCUT2D eigenvalue weighted by Gasteiger charge is -2.09. The van der Waals surface area contributed by atoms with Crippen LogP contribution in [0.3, 0.4) is 0 Å². The number of pyridine rings is 1. The van der Waals surface area contributed by atoms with E-state index in [1.807, 2.05) is 0 Å². The van der Waals surface area contributed by atoms with Crippen LogP contribution in [0.2, 0.25) is 0 Å². The van der Waals surface area contributed by atoms with Crippen LogP contribution >= 0.6 is 0 Å². The summed E-state index contributed by atoms with van der Waals surface area (Å²) in [7, 11) is -3.26. The van der Waals surface area contributed by atoms with E-state index in [1.54, 1.807) is 12.3 Å². The third kappa shape index (κ3) is 4.99. The molecule has 3 N–H and O–H groups in total. The first-order valence-corrected chi connectivity index (χ1v) is 7.61. The lowest BCUT2D eigenvalue weighted by atomic mass is 10.4. The summed E-state index contributed by atoms with van der Waals surface area (Å²) in [6.07, 6.45) is 3.49. The van der Waals surface area contributed by atoms with E-state index in [-0.39, 0.29) is 4.90 Å². The molecular weight excluding hydrogens is 254 g/mol. The number of ether oxygens (including phenoxy) is 1. The molecule has 0 aliphatic carbocycles. The Morgan fingerprint density at radius 3 is 2.89 bits per heavy atom. The molecule has 0 aromatic carbocycles. The van der Waals surface area contributed by atoms with Gasteiger partial charge >= 0.3 is 0 Å². The Labute approximate surface area is 107 Å². The average Bonchev–Trinajstić information content (AvgIpc) is 2.33. The number of nitrogens with zero attached hydrogens (tertiary/aromatic N) is 1. The van der Waals surface area contributed by atoms with Crippen molar-refractivity contribution in [3.05, 3.63) is 18.3 Å². The second-order valence-corrected chi connectivity index (χ2v) is 5.79. The predicted molar refractivity (Wildman–Crippen MR) is 70.3 cm³/mol. The van der Waals surface area contributed by atoms with Crippen molar-refractivity contribution < 1.29 is 13.2 Å². The van der Waals surface area contributed by atoms with Crippen LogP contribution in [0.5, 0.6) is 0 Å². The zero-order valence-corrected chi connectivity index (χ0v) is 11.2. The number of anilines is 1. The van der Waals surface area contributed by atoms with Crippen LogP contribution in [0.15, 0.2) is 23.2 Å². The maximum Gasteiger partial charge on any atom is 0.179 e. The molecular formula is C11H19N3O3S. The minimum atomic E-state index is -3.26. The first-order chi connectivity index (χ1) is 8.55. The molecule has 0 aliphatic rings. The molecule has 1 rings (SSSR count). The molecule has 18 heavy (non-hydrogen) atoms. The van der Waals surface area contributed by atoms with Crippen LogP contribution < -0.4 is 11.1 Å². The topological polar surface area (TPSA) is 94.3 Å². The van der Waals surface area contributed by atoms with Crippen LogP contribution in [-0.4, -0.2) is 46.0 Å². The van der Waals surface area contributed by atoms with Crippen molar-refractivity contribution in [2.75, 3.05) is 37.9 Å². The van der Waals surface area contributed by atoms with Crippen molar-refractivity contribution in [1.82, 2.24) is 4.98 Å². The van der Waals surface area contributed by atoms with Gasteiger partial charge in [0.2, 0.25) is 0 Å². The van der Waals surface area contributed by atoms with Gasteiger partial charge in [0.15, 0.2) is 9.84 Å². The molecule has 1 aromatic rings. The minimum Gasteiger partial charge on any atom is -0.380 e. The standard InChI is InChI=1S/C11H19N3O3S/c1-18(15,16)10-4-2-6-13-11(10)14-7-3-8-17-9-5-12/h2,4,6H,3,5,7-9,12H2,1H3,(H,13,14). The van der Waals surface area contributed by atoms with E-state index in [4.69, 9.17) is 10.5 Å². The Kier molecular flexibility index (Phi) is 6.03. The van der Waals surface area contributed by atoms with E-state index in [2.05, 4.69) is 10.3 Å². The Morgan fingerprint density at radius 2 is 2.22 bits per heavy atom. The van der Waals surface area contributed by atoms with Crippen LogP contribution in [-0.2, 0) is 14.6 Å². The zero-order valence-electron chi connectivity index (χ0n) is 10.4. The predicted octanol–water partition coefficient (Wildman–Crippen LogP) is 0.262. The first-order valence-electron chi connectivity index (χ1n) is 5.72. The monoisotopic (exact) mass is 273 g/mol. The van der Waals surface area contributed by atoms with Crippen LogP contribution in [0.25, 0.3) is 0 Å². The van der Waals surface area contributed by atoms with Gasteiger partial charge in [0, 0.05) is 32.1 Å². The van der Waals surface area contributed by atoms with Gasteiger partial charge in [0.25, 0.3) is 0 Å². The Balaban J connectivity index is 2.48. The third-order valence-corrected chi connectivity index (χ3v) is 3.32. The summed E-state index contributed by atoms with van der Waals surface area (Å²) < 4.78 is 28.2. The van der Waals surface area contributed by atoms with Crippen molar-refractivity contribution >= 4 is 15.7 Å². The molecule has 0 atom stereocenters. The zero-order chi connectivity index (χ0) is 13.4. The molecule has 6 nitrogen and oxygen atoms in total. The number of aromatic nitrogens is 1. The average molecular weight is 273 g/mol. The van der Waals surface area contributed by atoms with E-state index in [1.165, 1.54) is 12.3 Å². The van der Waals surface area contributed by atoms with Gasteiger partial charge in [-0.05, 0) is 18.6 Å². The summed E-state index contributed by atoms with van der Waals surface area (Å²) in [5.74, 6) is 0.388. The lowest BCUT2D eigenvalue weighted by molar-refractivity contribution is 0.141. The number of rotatable bonds is 8. The minimum absolute atomic E-state index is 0.216. The first kappa shape index (κ1) is 14.9. The summed E-state index contributed by atoms with van der Waals surface area (Å²) in [5, 5.41) is 3.00. The van der Waals surface area contributed by atoms with Gasteiger partial charge in [-0.25, -0.2) is 13.4 Å². The van der Waals surface area contributed by atoms with E-state index in [0.717, 1.165) is 6.42 Å². The second kappa shape index (κ2) is 7.30. The quantitative estimate of drug-likeness (QED) is 0.660. The molecule has 0 radical (unpaired) electrons. The number of sulfone groups is 1. The summed E-state index contributed by atoms with van der Waals surface area (Å²) in [4.78, 5) is 4.24. The van der Waals surface area contributed by atoms with Crippen LogP contribution in [0, 0.1) is 0 Å². The Bertz CT molecular complexity index is 462. The molecule has 0 amide bonds. The number of nitrogens with two attached hydrogens (primary N) is 1. The maximum atomic E-state index is 11.5. The maximum absolute atomic E-state index is 11.5. The van der Waals surface area contributed by atoms with Crippen LogP contribution in [0.4, 0.5) is 5.82 Å². The van der Waals surface area contributed by atoms with Crippen molar-refractivity contribution in [1.29, 1.82) is 0 Å². The van der Waals surface area contributed by atoms with Crippen molar-refractivity contribution in [2.24, 2.45) is 5.73 Å². The van der Waals surface area contributed by atoms with E-state index in [9.17, 15) is 8.42 Å². The summed E-state index contributed by atoms with van der Waals surface area (Å²) in [6.45, 7) is 2.24. The summed E-state index contributed by atoms with van der Waals surface area (Å²) in [5.41, 5.74) is 5.28. The molecule has 7 heteroatoms. The molecule has 102 valence electrons. The van der Waals surface area contributed by atoms with Crippen LogP contribution in [0.1, 0.15) is 6.42 Å². The summed E-state index contributed by atoms with van der Waals surface area (Å²) in [6, 6.07) is 3.14. The largest absolute Gasteiger partial charge is 0.380 e. The van der Waals surface area contributed by atoms with Crippen molar-refractivity contribution in [3.63, 3.8) is 0 Å². The molecule has 1 heterocycles. The van der Waals surface area contributed by atoms with Gasteiger partial charge in [0.1, 0.15) is 10.7 Å². The smallest absolute Gasteiger partial charge is 0.179 e. The van der Waals surface area contributed by atoms with Gasteiger partial charge in [0.05, 0.1) is 6.61 Å². The third-order valence-electron chi connectivity index (χ3n) is 2.19. The molecule has 0 bridgehead atoms. The fourth-order valence-electron chi connectivity index (χ4n) is 1.39. The molecule has 0 saturated carbocycles. The van der Waals surface area contributed by atoms with Gasteiger partial charge in [-0.3, -0.25) is 0 Å². The van der Waals surface area contributed by atoms with Crippen molar-refractivity contribution in [3.8, 4) is 0 Å². The highest BCUT2D eigenvalue weighted by atomic mass is 32.2. The SMILES string of the molecule is CS(=O)(=O)c1cccnc1NCCCOCCN. The highest BCUT2D eigenvalue weighted by Gasteiger charge is 2.12. The molecule has 0 fully saturated rings. The molecule has 0 spiro atoms. The van der Waals surface area contributed by atoms with Gasteiger partial charge in [-0.2, -0.15) is 0 Å². The van der Waals surface area contributed by atoms with E-state index < -0.39 is 9.84 Å². The Hall–Kier alpha value is -1.18. The highest BCUT2D eigenvalue weighted by molar-refractivity contribution is 7.90. The number of hydrogen-bond acceptors (Lipinski definition) is 6. The van der Waals surface area contributed by atoms with Gasteiger partial charge in [-0.1, -0.05) is 0 Å². The van der Waals surface area contributed by atoms with Gasteiger partial charge < -0.3 is 15.8 Å². The highest BCUT2D eigenvalue weighted by Crippen LogP contribution is 2.17. The number of hydrogen-bond donors (Lipinski definition) is 2. The molecule has 0 saturated heterocycles. The van der Waals surface area contributed by atoms with E-state index >= 15 is 0 Å². The second-order valence-electron chi connectivity index (χ2n) is 3.80. The fraction of sp³-hybridized carbons (Fsp3) is 0.545. The summed E-state index contributed by atoms with van der Waals surface area (Å²) >= 11 is 0. The fourth-order valence-corrected chi connectivity index (χ4v) is 2.19. The molecule has 1 aromatic heterocycles. The van der Waals surface area contributed by atoms with Gasteiger partial charge in [-0.15, -0.1) is 0 Å². The molecule has 0 aliphatic heterocycles. The van der Waals surface area contributed by atoms with Crippen molar-refractivity contribution in [2.45, 2.75) is 11.3 Å². The molecule has 0 unspecified atom stereocenters. The lowest BCUT2D eigenvalue weighted by Crippen LogP contribution is -2.13. The number of nitrogens with one attached hydrogen (secondary N) is 1.